The maximum absolute atomic E-state index is 10.7. The number of aldehydes is 1. The standard InChI is InChI=1S/C11H13NO4/c1-16-10-3-2-7(4-8(10)6-13)5-9(12)11(14)15/h2-4,6,9H,5,12H2,1H3,(H,14,15)/t9-/m0/s1. The fourth-order valence-corrected chi connectivity index (χ4v) is 1.34. The second-order valence-corrected chi connectivity index (χ2v) is 3.34. The summed E-state index contributed by atoms with van der Waals surface area (Å²) in [5.41, 5.74) is 6.47. The van der Waals surface area contributed by atoms with Crippen molar-refractivity contribution in [2.45, 2.75) is 12.5 Å². The molecular weight excluding hydrogens is 210 g/mol. The van der Waals surface area contributed by atoms with Crippen molar-refractivity contribution in [2.24, 2.45) is 5.73 Å². The van der Waals surface area contributed by atoms with Crippen LogP contribution in [0, 0.1) is 0 Å². The van der Waals surface area contributed by atoms with Gasteiger partial charge in [-0.2, -0.15) is 0 Å². The smallest absolute Gasteiger partial charge is 0.320 e. The molecule has 1 atom stereocenters. The molecule has 0 radical (unpaired) electrons. The number of nitrogens with two attached hydrogens (primary N) is 1. The Morgan fingerprint density at radius 2 is 2.31 bits per heavy atom. The monoisotopic (exact) mass is 223 g/mol. The number of hydrogen-bond acceptors (Lipinski definition) is 4. The van der Waals surface area contributed by atoms with Gasteiger partial charge in [0.2, 0.25) is 0 Å². The Hall–Kier alpha value is -1.88. The van der Waals surface area contributed by atoms with Gasteiger partial charge in [0, 0.05) is 0 Å². The van der Waals surface area contributed by atoms with Crippen LogP contribution in [0.1, 0.15) is 15.9 Å². The van der Waals surface area contributed by atoms with Gasteiger partial charge in [0.25, 0.3) is 0 Å². The minimum atomic E-state index is -1.07. The molecule has 0 amide bonds. The largest absolute Gasteiger partial charge is 0.496 e. The summed E-state index contributed by atoms with van der Waals surface area (Å²) in [4.78, 5) is 21.3. The van der Waals surface area contributed by atoms with Gasteiger partial charge in [0.05, 0.1) is 12.7 Å². The van der Waals surface area contributed by atoms with E-state index < -0.39 is 12.0 Å². The number of carboxylic acid groups (broad SMARTS) is 1. The molecule has 0 aliphatic carbocycles. The lowest BCUT2D eigenvalue weighted by atomic mass is 10.0. The molecule has 0 aliphatic rings. The first-order chi connectivity index (χ1) is 7.58. The Labute approximate surface area is 92.8 Å². The number of methoxy groups -OCH3 is 1. The summed E-state index contributed by atoms with van der Waals surface area (Å²) in [5.74, 6) is -0.605. The molecule has 0 saturated heterocycles. The first-order valence-electron chi connectivity index (χ1n) is 4.69. The molecule has 0 saturated carbocycles. The van der Waals surface area contributed by atoms with Gasteiger partial charge >= 0.3 is 5.97 Å². The van der Waals surface area contributed by atoms with Crippen LogP contribution in [-0.2, 0) is 11.2 Å². The molecule has 3 N–H and O–H groups in total. The number of benzene rings is 1. The third kappa shape index (κ3) is 2.80. The molecule has 0 heterocycles. The van der Waals surface area contributed by atoms with Crippen molar-refractivity contribution < 1.29 is 19.4 Å². The summed E-state index contributed by atoms with van der Waals surface area (Å²) >= 11 is 0. The van der Waals surface area contributed by atoms with Crippen LogP contribution in [0.25, 0.3) is 0 Å². The predicted molar refractivity (Wildman–Crippen MR) is 57.7 cm³/mol. The van der Waals surface area contributed by atoms with Crippen LogP contribution in [0.15, 0.2) is 18.2 Å². The van der Waals surface area contributed by atoms with E-state index in [0.717, 1.165) is 0 Å². The molecule has 0 bridgehead atoms. The Morgan fingerprint density at radius 1 is 1.62 bits per heavy atom. The minimum absolute atomic E-state index is 0.181. The van der Waals surface area contributed by atoms with Gasteiger partial charge in [-0.1, -0.05) is 6.07 Å². The Morgan fingerprint density at radius 3 is 2.81 bits per heavy atom. The van der Waals surface area contributed by atoms with Crippen LogP contribution in [0.2, 0.25) is 0 Å². The van der Waals surface area contributed by atoms with E-state index in [1.54, 1.807) is 18.2 Å². The summed E-state index contributed by atoms with van der Waals surface area (Å²) in [5, 5.41) is 8.65. The van der Waals surface area contributed by atoms with Crippen molar-refractivity contribution in [2.75, 3.05) is 7.11 Å². The average molecular weight is 223 g/mol. The highest BCUT2D eigenvalue weighted by atomic mass is 16.5. The van der Waals surface area contributed by atoms with E-state index >= 15 is 0 Å². The zero-order valence-electron chi connectivity index (χ0n) is 8.84. The molecule has 0 fully saturated rings. The van der Waals surface area contributed by atoms with E-state index in [9.17, 15) is 9.59 Å². The summed E-state index contributed by atoms with van der Waals surface area (Å²) in [6, 6.07) is 3.92. The van der Waals surface area contributed by atoms with Crippen molar-refractivity contribution in [3.05, 3.63) is 29.3 Å². The van der Waals surface area contributed by atoms with Gasteiger partial charge in [-0.15, -0.1) is 0 Å². The minimum Gasteiger partial charge on any atom is -0.496 e. The van der Waals surface area contributed by atoms with E-state index in [2.05, 4.69) is 0 Å². The molecule has 16 heavy (non-hydrogen) atoms. The van der Waals surface area contributed by atoms with Crippen LogP contribution in [0.5, 0.6) is 5.75 Å². The summed E-state index contributed by atoms with van der Waals surface area (Å²) in [6.07, 6.45) is 0.842. The number of rotatable bonds is 5. The van der Waals surface area contributed by atoms with Gasteiger partial charge in [-0.25, -0.2) is 0 Å². The van der Waals surface area contributed by atoms with Gasteiger partial charge in [-0.3, -0.25) is 9.59 Å². The average Bonchev–Trinajstić information content (AvgIpc) is 2.28. The fourth-order valence-electron chi connectivity index (χ4n) is 1.34. The molecule has 5 nitrogen and oxygen atoms in total. The molecular formula is C11H13NO4. The number of aliphatic carboxylic acids is 1. The second kappa shape index (κ2) is 5.27. The van der Waals surface area contributed by atoms with Crippen LogP contribution in [-0.4, -0.2) is 30.5 Å². The first-order valence-corrected chi connectivity index (χ1v) is 4.69. The third-order valence-electron chi connectivity index (χ3n) is 2.19. The lowest BCUT2D eigenvalue weighted by Gasteiger charge is -2.09. The van der Waals surface area contributed by atoms with Crippen LogP contribution < -0.4 is 10.5 Å². The Kier molecular flexibility index (Phi) is 4.02. The molecule has 0 unspecified atom stereocenters. The van der Waals surface area contributed by atoms with Crippen LogP contribution >= 0.6 is 0 Å². The van der Waals surface area contributed by atoms with Crippen molar-refractivity contribution in [3.63, 3.8) is 0 Å². The zero-order chi connectivity index (χ0) is 12.1. The Bertz CT molecular complexity index is 403. The fraction of sp³-hybridized carbons (Fsp3) is 0.273. The van der Waals surface area contributed by atoms with E-state index in [0.29, 0.717) is 23.2 Å². The highest BCUT2D eigenvalue weighted by Crippen LogP contribution is 2.18. The van der Waals surface area contributed by atoms with Gasteiger partial charge in [-0.05, 0) is 24.1 Å². The van der Waals surface area contributed by atoms with Crippen LogP contribution in [0.3, 0.4) is 0 Å². The summed E-state index contributed by atoms with van der Waals surface area (Å²) in [7, 11) is 1.46. The van der Waals surface area contributed by atoms with Crippen LogP contribution in [0.4, 0.5) is 0 Å². The Balaban J connectivity index is 2.91. The zero-order valence-corrected chi connectivity index (χ0v) is 8.84. The molecule has 5 heteroatoms. The molecule has 1 aromatic rings. The molecule has 86 valence electrons. The number of carbonyl (C=O) groups excluding carboxylic acids is 1. The summed E-state index contributed by atoms with van der Waals surface area (Å²) in [6.45, 7) is 0. The summed E-state index contributed by atoms with van der Waals surface area (Å²) < 4.78 is 4.96. The number of ether oxygens (including phenoxy) is 1. The van der Waals surface area contributed by atoms with E-state index in [1.807, 2.05) is 0 Å². The normalized spacial score (nSPS) is 11.9. The highest BCUT2D eigenvalue weighted by Gasteiger charge is 2.13. The SMILES string of the molecule is COc1ccc(C[C@H](N)C(=O)O)cc1C=O. The lowest BCUT2D eigenvalue weighted by molar-refractivity contribution is -0.138. The van der Waals surface area contributed by atoms with Crippen molar-refractivity contribution in [1.82, 2.24) is 0 Å². The molecule has 0 spiro atoms. The predicted octanol–water partition coefficient (Wildman–Crippen LogP) is 0.462. The van der Waals surface area contributed by atoms with Gasteiger partial charge < -0.3 is 15.6 Å². The number of carbonyl (C=O) groups is 2. The van der Waals surface area contributed by atoms with E-state index in [1.165, 1.54) is 7.11 Å². The maximum Gasteiger partial charge on any atom is 0.320 e. The molecule has 0 aromatic heterocycles. The maximum atomic E-state index is 10.7. The van der Waals surface area contributed by atoms with Crippen molar-refractivity contribution in [3.8, 4) is 5.75 Å². The lowest BCUT2D eigenvalue weighted by Crippen LogP contribution is -2.32. The van der Waals surface area contributed by atoms with E-state index in [4.69, 9.17) is 15.6 Å². The third-order valence-corrected chi connectivity index (χ3v) is 2.19. The van der Waals surface area contributed by atoms with Crippen molar-refractivity contribution >= 4 is 12.3 Å². The molecule has 0 aliphatic heterocycles. The number of hydrogen-bond donors (Lipinski definition) is 2. The van der Waals surface area contributed by atoms with Gasteiger partial charge in [0.15, 0.2) is 6.29 Å². The van der Waals surface area contributed by atoms with E-state index in [-0.39, 0.29) is 6.42 Å². The van der Waals surface area contributed by atoms with Gasteiger partial charge in [0.1, 0.15) is 11.8 Å². The quantitative estimate of drug-likeness (QED) is 0.708. The highest BCUT2D eigenvalue weighted by molar-refractivity contribution is 5.80. The first kappa shape index (κ1) is 12.2. The second-order valence-electron chi connectivity index (χ2n) is 3.34. The molecule has 1 aromatic carbocycles. The topological polar surface area (TPSA) is 89.6 Å². The number of carboxylic acids is 1. The van der Waals surface area contributed by atoms with Crippen molar-refractivity contribution in [1.29, 1.82) is 0 Å². The molecule has 1 rings (SSSR count).